The molecule has 0 aliphatic rings. The first-order chi connectivity index (χ1) is 12.7. The number of rotatable bonds is 7. The van der Waals surface area contributed by atoms with Crippen molar-refractivity contribution < 1.29 is 18.9 Å². The SMILES string of the molecule is CCOc1ccc(-c2cnnn2-c2cc(OC)c(OC)cc2OC)cc1. The molecule has 136 valence electrons. The molecule has 0 aliphatic heterocycles. The lowest BCUT2D eigenvalue weighted by Gasteiger charge is -2.15. The van der Waals surface area contributed by atoms with Gasteiger partial charge in [-0.15, -0.1) is 5.10 Å². The average molecular weight is 355 g/mol. The Labute approximate surface area is 152 Å². The monoisotopic (exact) mass is 355 g/mol. The van der Waals surface area contributed by atoms with Gasteiger partial charge in [0, 0.05) is 17.7 Å². The lowest BCUT2D eigenvalue weighted by Crippen LogP contribution is -2.04. The molecule has 1 aromatic heterocycles. The number of hydrogen-bond donors (Lipinski definition) is 0. The molecule has 0 unspecified atom stereocenters. The van der Waals surface area contributed by atoms with Crippen LogP contribution in [0.1, 0.15) is 6.92 Å². The molecule has 0 bridgehead atoms. The van der Waals surface area contributed by atoms with Gasteiger partial charge >= 0.3 is 0 Å². The predicted octanol–water partition coefficient (Wildman–Crippen LogP) is 3.36. The molecular formula is C19H21N3O4. The fraction of sp³-hybridized carbons (Fsp3) is 0.263. The molecule has 0 aliphatic carbocycles. The lowest BCUT2D eigenvalue weighted by molar-refractivity contribution is 0.340. The van der Waals surface area contributed by atoms with Crippen molar-refractivity contribution in [3.8, 4) is 39.9 Å². The molecule has 0 saturated heterocycles. The minimum atomic E-state index is 0.579. The molecule has 7 nitrogen and oxygen atoms in total. The lowest BCUT2D eigenvalue weighted by atomic mass is 10.1. The molecule has 3 rings (SSSR count). The van der Waals surface area contributed by atoms with E-state index in [-0.39, 0.29) is 0 Å². The van der Waals surface area contributed by atoms with E-state index in [1.54, 1.807) is 38.3 Å². The fourth-order valence-corrected chi connectivity index (χ4v) is 2.68. The van der Waals surface area contributed by atoms with Gasteiger partial charge in [0.15, 0.2) is 11.5 Å². The maximum atomic E-state index is 5.51. The molecular weight excluding hydrogens is 334 g/mol. The van der Waals surface area contributed by atoms with Crippen LogP contribution in [0.15, 0.2) is 42.6 Å². The summed E-state index contributed by atoms with van der Waals surface area (Å²) in [7, 11) is 4.76. The summed E-state index contributed by atoms with van der Waals surface area (Å²) in [6.45, 7) is 2.58. The minimum Gasteiger partial charge on any atom is -0.494 e. The van der Waals surface area contributed by atoms with Crippen LogP contribution in [0.2, 0.25) is 0 Å². The Morgan fingerprint density at radius 3 is 2.15 bits per heavy atom. The first-order valence-electron chi connectivity index (χ1n) is 8.16. The van der Waals surface area contributed by atoms with Crippen molar-refractivity contribution in [1.29, 1.82) is 0 Å². The number of methoxy groups -OCH3 is 3. The van der Waals surface area contributed by atoms with Gasteiger partial charge in [-0.1, -0.05) is 5.21 Å². The van der Waals surface area contributed by atoms with Gasteiger partial charge in [-0.05, 0) is 31.2 Å². The highest BCUT2D eigenvalue weighted by Gasteiger charge is 2.17. The Balaban J connectivity index is 2.08. The highest BCUT2D eigenvalue weighted by molar-refractivity contribution is 5.65. The van der Waals surface area contributed by atoms with E-state index in [9.17, 15) is 0 Å². The molecule has 0 N–H and O–H groups in total. The summed E-state index contributed by atoms with van der Waals surface area (Å²) in [5.41, 5.74) is 2.47. The molecule has 0 radical (unpaired) electrons. The van der Waals surface area contributed by atoms with Gasteiger partial charge in [0.2, 0.25) is 0 Å². The number of nitrogens with zero attached hydrogens (tertiary/aromatic N) is 3. The van der Waals surface area contributed by atoms with Crippen molar-refractivity contribution in [1.82, 2.24) is 15.0 Å². The first-order valence-corrected chi connectivity index (χ1v) is 8.16. The van der Waals surface area contributed by atoms with Crippen LogP contribution in [0.25, 0.3) is 16.9 Å². The van der Waals surface area contributed by atoms with Crippen molar-refractivity contribution in [2.75, 3.05) is 27.9 Å². The second-order valence-corrected chi connectivity index (χ2v) is 5.37. The highest BCUT2D eigenvalue weighted by Crippen LogP contribution is 2.37. The van der Waals surface area contributed by atoms with Crippen molar-refractivity contribution in [3.63, 3.8) is 0 Å². The van der Waals surface area contributed by atoms with E-state index in [0.717, 1.165) is 17.0 Å². The third-order valence-corrected chi connectivity index (χ3v) is 3.92. The van der Waals surface area contributed by atoms with E-state index in [2.05, 4.69) is 10.3 Å². The van der Waals surface area contributed by atoms with Crippen LogP contribution in [0.5, 0.6) is 23.0 Å². The van der Waals surface area contributed by atoms with E-state index < -0.39 is 0 Å². The highest BCUT2D eigenvalue weighted by atomic mass is 16.5. The van der Waals surface area contributed by atoms with E-state index in [4.69, 9.17) is 18.9 Å². The van der Waals surface area contributed by atoms with Crippen LogP contribution in [-0.2, 0) is 0 Å². The summed E-state index contributed by atoms with van der Waals surface area (Å²) in [5.74, 6) is 2.58. The van der Waals surface area contributed by atoms with Crippen LogP contribution in [0, 0.1) is 0 Å². The van der Waals surface area contributed by atoms with Gasteiger partial charge in [-0.25, -0.2) is 4.68 Å². The summed E-state index contributed by atoms with van der Waals surface area (Å²) in [5, 5.41) is 8.28. The normalized spacial score (nSPS) is 10.5. The molecule has 2 aromatic carbocycles. The molecule has 0 amide bonds. The van der Waals surface area contributed by atoms with Crippen LogP contribution in [-0.4, -0.2) is 42.9 Å². The Bertz CT molecular complexity index is 875. The quantitative estimate of drug-likeness (QED) is 0.647. The molecule has 7 heteroatoms. The average Bonchev–Trinajstić information content (AvgIpc) is 3.17. The molecule has 0 fully saturated rings. The van der Waals surface area contributed by atoms with Crippen molar-refractivity contribution >= 4 is 0 Å². The largest absolute Gasteiger partial charge is 0.494 e. The minimum absolute atomic E-state index is 0.579. The smallest absolute Gasteiger partial charge is 0.164 e. The molecule has 26 heavy (non-hydrogen) atoms. The zero-order chi connectivity index (χ0) is 18.5. The summed E-state index contributed by atoms with van der Waals surface area (Å²) in [6.07, 6.45) is 1.70. The van der Waals surface area contributed by atoms with Crippen LogP contribution < -0.4 is 18.9 Å². The number of hydrogen-bond acceptors (Lipinski definition) is 6. The second kappa shape index (κ2) is 7.77. The fourth-order valence-electron chi connectivity index (χ4n) is 2.68. The summed E-state index contributed by atoms with van der Waals surface area (Å²) in [6, 6.07) is 11.3. The number of ether oxygens (including phenoxy) is 4. The van der Waals surface area contributed by atoms with Crippen LogP contribution >= 0.6 is 0 Å². The summed E-state index contributed by atoms with van der Waals surface area (Å²) >= 11 is 0. The third kappa shape index (κ3) is 3.28. The van der Waals surface area contributed by atoms with Crippen molar-refractivity contribution in [2.45, 2.75) is 6.92 Å². The molecule has 1 heterocycles. The molecule has 0 spiro atoms. The van der Waals surface area contributed by atoms with Gasteiger partial charge in [0.25, 0.3) is 0 Å². The van der Waals surface area contributed by atoms with E-state index in [1.165, 1.54) is 0 Å². The van der Waals surface area contributed by atoms with Crippen LogP contribution in [0.4, 0.5) is 0 Å². The maximum Gasteiger partial charge on any atom is 0.164 e. The number of aromatic nitrogens is 3. The topological polar surface area (TPSA) is 67.6 Å². The summed E-state index contributed by atoms with van der Waals surface area (Å²) < 4.78 is 23.5. The van der Waals surface area contributed by atoms with Crippen molar-refractivity contribution in [3.05, 3.63) is 42.6 Å². The standard InChI is InChI=1S/C19H21N3O4/c1-5-26-14-8-6-13(7-9-14)16-12-20-21-22(16)15-10-18(24-3)19(25-4)11-17(15)23-2/h6-12H,5H2,1-4H3. The third-order valence-electron chi connectivity index (χ3n) is 3.92. The number of benzene rings is 2. The Morgan fingerprint density at radius 2 is 1.54 bits per heavy atom. The maximum absolute atomic E-state index is 5.51. The van der Waals surface area contributed by atoms with Gasteiger partial charge in [-0.2, -0.15) is 0 Å². The van der Waals surface area contributed by atoms with Gasteiger partial charge in [-0.3, -0.25) is 0 Å². The zero-order valence-electron chi connectivity index (χ0n) is 15.2. The Hall–Kier alpha value is -3.22. The molecule has 0 atom stereocenters. The van der Waals surface area contributed by atoms with Crippen molar-refractivity contribution in [2.24, 2.45) is 0 Å². The van der Waals surface area contributed by atoms with Gasteiger partial charge in [0.1, 0.15) is 17.2 Å². The molecule has 0 saturated carbocycles. The van der Waals surface area contributed by atoms with E-state index in [1.807, 2.05) is 37.3 Å². The zero-order valence-corrected chi connectivity index (χ0v) is 15.2. The molecule has 3 aromatic rings. The first kappa shape index (κ1) is 17.6. The Morgan fingerprint density at radius 1 is 0.885 bits per heavy atom. The summed E-state index contributed by atoms with van der Waals surface area (Å²) in [4.78, 5) is 0. The van der Waals surface area contributed by atoms with Crippen LogP contribution in [0.3, 0.4) is 0 Å². The van der Waals surface area contributed by atoms with Gasteiger partial charge < -0.3 is 18.9 Å². The predicted molar refractivity (Wildman–Crippen MR) is 97.6 cm³/mol. The Kier molecular flexibility index (Phi) is 5.26. The van der Waals surface area contributed by atoms with E-state index in [0.29, 0.717) is 29.5 Å². The van der Waals surface area contributed by atoms with Gasteiger partial charge in [0.05, 0.1) is 39.8 Å². The second-order valence-electron chi connectivity index (χ2n) is 5.37. The van der Waals surface area contributed by atoms with E-state index >= 15 is 0 Å².